The summed E-state index contributed by atoms with van der Waals surface area (Å²) in [5.41, 5.74) is 0. The highest BCUT2D eigenvalue weighted by atomic mass is 32.1. The number of hydrogen-bond acceptors (Lipinski definition) is 5. The van der Waals surface area contributed by atoms with E-state index in [1.54, 1.807) is 31.3 Å². The van der Waals surface area contributed by atoms with E-state index in [0.717, 1.165) is 4.88 Å². The number of carbonyl (C=O) groups is 2. The maximum atomic E-state index is 11.9. The molecular weight excluding hydrogens is 290 g/mol. The summed E-state index contributed by atoms with van der Waals surface area (Å²) < 4.78 is 4.86. The second-order valence-electron chi connectivity index (χ2n) is 4.68. The Hall–Kier alpha value is -2.15. The van der Waals surface area contributed by atoms with Gasteiger partial charge in [-0.15, -0.1) is 11.3 Å². The van der Waals surface area contributed by atoms with E-state index >= 15 is 0 Å². The van der Waals surface area contributed by atoms with Crippen molar-refractivity contribution in [2.24, 2.45) is 0 Å². The van der Waals surface area contributed by atoms with Gasteiger partial charge in [-0.05, 0) is 31.7 Å². The lowest BCUT2D eigenvalue weighted by Gasteiger charge is -2.12. The Morgan fingerprint density at radius 3 is 2.90 bits per heavy atom. The number of aromatic nitrogens is 1. The van der Waals surface area contributed by atoms with Gasteiger partial charge in [0.05, 0.1) is 0 Å². The molecule has 0 saturated heterocycles. The van der Waals surface area contributed by atoms with Gasteiger partial charge >= 0.3 is 0 Å². The molecule has 0 radical (unpaired) electrons. The van der Waals surface area contributed by atoms with Crippen LogP contribution in [-0.2, 0) is 16.0 Å². The van der Waals surface area contributed by atoms with Gasteiger partial charge in [-0.3, -0.25) is 9.59 Å². The van der Waals surface area contributed by atoms with Gasteiger partial charge in [0.2, 0.25) is 11.8 Å². The molecular formula is C14H17N3O3S. The Kier molecular flexibility index (Phi) is 5.10. The summed E-state index contributed by atoms with van der Waals surface area (Å²) in [4.78, 5) is 24.8. The molecule has 7 heteroatoms. The molecule has 2 N–H and O–H groups in total. The van der Waals surface area contributed by atoms with Crippen LogP contribution in [0.2, 0.25) is 0 Å². The Morgan fingerprint density at radius 1 is 1.48 bits per heavy atom. The molecule has 0 aliphatic heterocycles. The number of hydrogen-bond donors (Lipinski definition) is 2. The number of nitrogens with zero attached hydrogens (tertiary/aromatic N) is 1. The third-order valence-corrected chi connectivity index (χ3v) is 3.76. The lowest BCUT2D eigenvalue weighted by atomic mass is 10.2. The molecule has 0 spiro atoms. The predicted molar refractivity (Wildman–Crippen MR) is 80.1 cm³/mol. The van der Waals surface area contributed by atoms with Crippen LogP contribution in [0.15, 0.2) is 28.1 Å². The van der Waals surface area contributed by atoms with Crippen LogP contribution in [0.3, 0.4) is 0 Å². The molecule has 0 aliphatic carbocycles. The van der Waals surface area contributed by atoms with Crippen LogP contribution in [0.25, 0.3) is 0 Å². The second kappa shape index (κ2) is 7.03. The Morgan fingerprint density at radius 2 is 2.29 bits per heavy atom. The summed E-state index contributed by atoms with van der Waals surface area (Å²) in [5.74, 6) is 0.477. The highest BCUT2D eigenvalue weighted by molar-refractivity contribution is 7.09. The van der Waals surface area contributed by atoms with Gasteiger partial charge in [0.25, 0.3) is 0 Å². The molecule has 0 saturated carbocycles. The van der Waals surface area contributed by atoms with Gasteiger partial charge in [-0.1, -0.05) is 11.2 Å². The molecule has 2 rings (SSSR count). The van der Waals surface area contributed by atoms with Crippen molar-refractivity contribution in [3.63, 3.8) is 0 Å². The maximum absolute atomic E-state index is 11.9. The van der Waals surface area contributed by atoms with Crippen LogP contribution in [0.1, 0.15) is 24.0 Å². The zero-order chi connectivity index (χ0) is 15.2. The molecule has 1 atom stereocenters. The topological polar surface area (TPSA) is 84.2 Å². The molecule has 0 aliphatic rings. The summed E-state index contributed by atoms with van der Waals surface area (Å²) in [6.07, 6.45) is 1.04. The minimum absolute atomic E-state index is 0.151. The van der Waals surface area contributed by atoms with E-state index in [2.05, 4.69) is 15.8 Å². The molecule has 21 heavy (non-hydrogen) atoms. The monoisotopic (exact) mass is 307 g/mol. The van der Waals surface area contributed by atoms with Crippen molar-refractivity contribution in [1.82, 2.24) is 10.5 Å². The minimum atomic E-state index is -0.627. The van der Waals surface area contributed by atoms with E-state index in [1.165, 1.54) is 0 Å². The second-order valence-corrected chi connectivity index (χ2v) is 5.71. The first-order valence-corrected chi connectivity index (χ1v) is 7.48. The molecule has 0 unspecified atom stereocenters. The molecule has 0 fully saturated rings. The van der Waals surface area contributed by atoms with E-state index in [9.17, 15) is 9.59 Å². The molecule has 0 bridgehead atoms. The number of amides is 2. The third-order valence-electron chi connectivity index (χ3n) is 2.83. The number of thiophene rings is 1. The summed E-state index contributed by atoms with van der Waals surface area (Å²) in [6.45, 7) is 3.36. The van der Waals surface area contributed by atoms with Gasteiger partial charge in [0.15, 0.2) is 5.82 Å². The van der Waals surface area contributed by atoms with Gasteiger partial charge in [-0.2, -0.15) is 0 Å². The number of anilines is 1. The average Bonchev–Trinajstić information content (AvgIpc) is 3.08. The van der Waals surface area contributed by atoms with Gasteiger partial charge in [0.1, 0.15) is 11.8 Å². The summed E-state index contributed by atoms with van der Waals surface area (Å²) in [5, 5.41) is 10.9. The van der Waals surface area contributed by atoms with E-state index in [1.807, 2.05) is 17.5 Å². The molecule has 2 aromatic rings. The molecule has 0 aromatic carbocycles. The first-order chi connectivity index (χ1) is 10.0. The molecule has 112 valence electrons. The van der Waals surface area contributed by atoms with Crippen LogP contribution in [0.5, 0.6) is 0 Å². The number of rotatable bonds is 6. The normalized spacial score (nSPS) is 11.9. The van der Waals surface area contributed by atoms with Crippen LogP contribution in [0, 0.1) is 6.92 Å². The minimum Gasteiger partial charge on any atom is -0.360 e. The zero-order valence-corrected chi connectivity index (χ0v) is 12.7. The van der Waals surface area contributed by atoms with E-state index in [-0.39, 0.29) is 11.8 Å². The van der Waals surface area contributed by atoms with Crippen molar-refractivity contribution in [3.05, 3.63) is 34.2 Å². The van der Waals surface area contributed by atoms with Crippen molar-refractivity contribution >= 4 is 29.0 Å². The standard InChI is InChI=1S/C14H17N3O3S/c1-9-8-12(17-20-9)16-14(19)10(2)15-13(18)6-5-11-4-3-7-21-11/h3-4,7-8,10H,5-6H2,1-2H3,(H,15,18)(H,16,17,19)/t10-/m0/s1. The Bertz CT molecular complexity index is 607. The predicted octanol–water partition coefficient (Wildman–Crippen LogP) is 2.12. The maximum Gasteiger partial charge on any atom is 0.247 e. The van der Waals surface area contributed by atoms with E-state index in [4.69, 9.17) is 4.52 Å². The van der Waals surface area contributed by atoms with Crippen LogP contribution in [-0.4, -0.2) is 23.0 Å². The highest BCUT2D eigenvalue weighted by Crippen LogP contribution is 2.11. The van der Waals surface area contributed by atoms with Crippen LogP contribution >= 0.6 is 11.3 Å². The van der Waals surface area contributed by atoms with Crippen LogP contribution in [0.4, 0.5) is 5.82 Å². The highest BCUT2D eigenvalue weighted by Gasteiger charge is 2.16. The lowest BCUT2D eigenvalue weighted by Crippen LogP contribution is -2.41. The van der Waals surface area contributed by atoms with Crippen molar-refractivity contribution in [2.45, 2.75) is 32.7 Å². The Labute approximate surface area is 126 Å². The smallest absolute Gasteiger partial charge is 0.247 e. The Balaban J connectivity index is 1.76. The van der Waals surface area contributed by atoms with Gasteiger partial charge in [-0.25, -0.2) is 0 Å². The van der Waals surface area contributed by atoms with Crippen molar-refractivity contribution in [1.29, 1.82) is 0 Å². The van der Waals surface area contributed by atoms with E-state index < -0.39 is 6.04 Å². The van der Waals surface area contributed by atoms with Gasteiger partial charge in [0, 0.05) is 17.4 Å². The van der Waals surface area contributed by atoms with Crippen molar-refractivity contribution < 1.29 is 14.1 Å². The summed E-state index contributed by atoms with van der Waals surface area (Å²) in [7, 11) is 0. The summed E-state index contributed by atoms with van der Waals surface area (Å²) in [6, 6.07) is 4.93. The van der Waals surface area contributed by atoms with Crippen molar-refractivity contribution in [2.75, 3.05) is 5.32 Å². The SMILES string of the molecule is Cc1cc(NC(=O)[C@H](C)NC(=O)CCc2cccs2)no1. The fraction of sp³-hybridized carbons (Fsp3) is 0.357. The quantitative estimate of drug-likeness (QED) is 0.856. The van der Waals surface area contributed by atoms with Crippen molar-refractivity contribution in [3.8, 4) is 0 Å². The molecule has 2 aromatic heterocycles. The lowest BCUT2D eigenvalue weighted by molar-refractivity contribution is -0.126. The first kappa shape index (κ1) is 15.2. The third kappa shape index (κ3) is 4.71. The number of carbonyl (C=O) groups excluding carboxylic acids is 2. The van der Waals surface area contributed by atoms with Crippen LogP contribution < -0.4 is 10.6 Å². The average molecular weight is 307 g/mol. The largest absolute Gasteiger partial charge is 0.360 e. The zero-order valence-electron chi connectivity index (χ0n) is 11.9. The number of nitrogens with one attached hydrogen (secondary N) is 2. The number of aryl methyl sites for hydroxylation is 2. The van der Waals surface area contributed by atoms with Gasteiger partial charge < -0.3 is 15.2 Å². The van der Waals surface area contributed by atoms with E-state index in [0.29, 0.717) is 24.4 Å². The molecule has 2 heterocycles. The molecule has 6 nitrogen and oxygen atoms in total. The molecule has 2 amide bonds. The fourth-order valence-electron chi connectivity index (χ4n) is 1.73. The fourth-order valence-corrected chi connectivity index (χ4v) is 2.44. The summed E-state index contributed by atoms with van der Waals surface area (Å²) >= 11 is 1.62. The first-order valence-electron chi connectivity index (χ1n) is 6.60.